The highest BCUT2D eigenvalue weighted by Crippen LogP contribution is 2.40. The van der Waals surface area contributed by atoms with E-state index in [1.54, 1.807) is 0 Å². The summed E-state index contributed by atoms with van der Waals surface area (Å²) in [5.41, 5.74) is 1.89. The van der Waals surface area contributed by atoms with Crippen LogP contribution in [0.25, 0.3) is 0 Å². The van der Waals surface area contributed by atoms with Crippen LogP contribution in [0.4, 0.5) is 0 Å². The molecule has 0 heterocycles. The molecule has 0 aliphatic heterocycles. The van der Waals surface area contributed by atoms with Crippen LogP contribution in [0, 0.1) is 23.2 Å². The van der Waals surface area contributed by atoms with Gasteiger partial charge >= 0.3 is 0 Å². The van der Waals surface area contributed by atoms with E-state index >= 15 is 0 Å². The normalized spacial score (nSPS) is 14.3. The summed E-state index contributed by atoms with van der Waals surface area (Å²) in [6.07, 6.45) is 6.57. The van der Waals surface area contributed by atoms with Crippen LogP contribution in [0.3, 0.4) is 0 Å². The predicted octanol–water partition coefficient (Wildman–Crippen LogP) is 6.47. The van der Waals surface area contributed by atoms with Gasteiger partial charge in [-0.05, 0) is 42.4 Å². The topological polar surface area (TPSA) is 0 Å². The van der Waals surface area contributed by atoms with Gasteiger partial charge < -0.3 is 0 Å². The van der Waals surface area contributed by atoms with Crippen LogP contribution in [-0.2, 0) is 0 Å². The van der Waals surface area contributed by atoms with Gasteiger partial charge in [0.2, 0.25) is 0 Å². The van der Waals surface area contributed by atoms with Crippen molar-refractivity contribution in [3.05, 3.63) is 12.2 Å². The van der Waals surface area contributed by atoms with Crippen molar-refractivity contribution in [1.82, 2.24) is 0 Å². The van der Waals surface area contributed by atoms with Crippen molar-refractivity contribution in [2.45, 2.75) is 80.6 Å². The van der Waals surface area contributed by atoms with E-state index in [0.717, 1.165) is 11.8 Å². The van der Waals surface area contributed by atoms with Crippen LogP contribution < -0.4 is 0 Å². The van der Waals surface area contributed by atoms with Gasteiger partial charge in [-0.3, -0.25) is 0 Å². The van der Waals surface area contributed by atoms with Crippen molar-refractivity contribution in [2.75, 3.05) is 0 Å². The summed E-state index contributed by atoms with van der Waals surface area (Å²) < 4.78 is 0. The van der Waals surface area contributed by atoms with E-state index in [0.29, 0.717) is 11.3 Å². The summed E-state index contributed by atoms with van der Waals surface area (Å²) in [6.45, 7) is 20.8. The fourth-order valence-electron chi connectivity index (χ4n) is 2.64. The molecule has 0 radical (unpaired) electrons. The van der Waals surface area contributed by atoms with E-state index in [1.807, 2.05) is 0 Å². The fraction of sp³-hybridized carbons (Fsp3) is 0.889. The van der Waals surface area contributed by atoms with Gasteiger partial charge in [-0.15, -0.1) is 0 Å². The second-order valence-electron chi connectivity index (χ2n) is 7.44. The molecule has 0 aromatic heterocycles. The first-order chi connectivity index (χ1) is 8.20. The SMILES string of the molecule is C=C(CC(CC(C)C)C(C)(C)CCCC)C(C)C. The Balaban J connectivity index is 4.69. The lowest BCUT2D eigenvalue weighted by Crippen LogP contribution is -2.26. The third kappa shape index (κ3) is 6.61. The summed E-state index contributed by atoms with van der Waals surface area (Å²) in [6, 6.07) is 0. The maximum Gasteiger partial charge on any atom is -0.0263 e. The predicted molar refractivity (Wildman–Crippen MR) is 84.8 cm³/mol. The number of hydrogen-bond donors (Lipinski definition) is 0. The molecule has 0 saturated heterocycles. The van der Waals surface area contributed by atoms with Gasteiger partial charge in [0.05, 0.1) is 0 Å². The lowest BCUT2D eigenvalue weighted by Gasteiger charge is -2.37. The maximum absolute atomic E-state index is 4.30. The minimum Gasteiger partial charge on any atom is -0.0996 e. The molecule has 0 spiro atoms. The Morgan fingerprint density at radius 2 is 1.67 bits per heavy atom. The highest BCUT2D eigenvalue weighted by Gasteiger charge is 2.30. The molecule has 0 aromatic carbocycles. The molecule has 1 unspecified atom stereocenters. The summed E-state index contributed by atoms with van der Waals surface area (Å²) in [4.78, 5) is 0. The Morgan fingerprint density at radius 1 is 1.11 bits per heavy atom. The van der Waals surface area contributed by atoms with Gasteiger partial charge in [-0.1, -0.05) is 73.5 Å². The smallest absolute Gasteiger partial charge is 0.0263 e. The van der Waals surface area contributed by atoms with Crippen LogP contribution in [0.15, 0.2) is 12.2 Å². The molecule has 0 nitrogen and oxygen atoms in total. The largest absolute Gasteiger partial charge is 0.0996 e. The molecule has 0 aliphatic carbocycles. The molecule has 0 bridgehead atoms. The van der Waals surface area contributed by atoms with E-state index in [4.69, 9.17) is 0 Å². The van der Waals surface area contributed by atoms with Gasteiger partial charge in [0, 0.05) is 0 Å². The molecule has 0 aromatic rings. The summed E-state index contributed by atoms with van der Waals surface area (Å²) in [7, 11) is 0. The Labute approximate surface area is 116 Å². The van der Waals surface area contributed by atoms with Gasteiger partial charge in [-0.25, -0.2) is 0 Å². The number of hydrogen-bond acceptors (Lipinski definition) is 0. The quantitative estimate of drug-likeness (QED) is 0.413. The zero-order valence-electron chi connectivity index (χ0n) is 14.0. The third-order valence-corrected chi connectivity index (χ3v) is 4.36. The van der Waals surface area contributed by atoms with Gasteiger partial charge in [0.1, 0.15) is 0 Å². The molecular weight excluding hydrogens is 216 g/mol. The standard InChI is InChI=1S/C18H36/c1-9-10-11-18(7,8)17(12-14(2)3)13-16(6)15(4)5/h14-15,17H,6,9-13H2,1-5,7-8H3. The Morgan fingerprint density at radius 3 is 2.06 bits per heavy atom. The van der Waals surface area contributed by atoms with Crippen molar-refractivity contribution in [2.24, 2.45) is 23.2 Å². The lowest BCUT2D eigenvalue weighted by atomic mass is 9.68. The van der Waals surface area contributed by atoms with Crippen molar-refractivity contribution >= 4 is 0 Å². The summed E-state index contributed by atoms with van der Waals surface area (Å²) >= 11 is 0. The van der Waals surface area contributed by atoms with Gasteiger partial charge in [0.25, 0.3) is 0 Å². The molecule has 108 valence electrons. The highest BCUT2D eigenvalue weighted by atomic mass is 14.3. The van der Waals surface area contributed by atoms with Crippen molar-refractivity contribution in [1.29, 1.82) is 0 Å². The van der Waals surface area contributed by atoms with Crippen molar-refractivity contribution in [3.8, 4) is 0 Å². The fourth-order valence-corrected chi connectivity index (χ4v) is 2.64. The average molecular weight is 252 g/mol. The van der Waals surface area contributed by atoms with Gasteiger partial charge in [-0.2, -0.15) is 0 Å². The minimum absolute atomic E-state index is 0.456. The monoisotopic (exact) mass is 252 g/mol. The zero-order chi connectivity index (χ0) is 14.3. The molecular formula is C18H36. The van der Waals surface area contributed by atoms with E-state index in [2.05, 4.69) is 55.0 Å². The molecule has 0 rings (SSSR count). The van der Waals surface area contributed by atoms with E-state index in [1.165, 1.54) is 37.7 Å². The molecule has 0 N–H and O–H groups in total. The van der Waals surface area contributed by atoms with Crippen molar-refractivity contribution < 1.29 is 0 Å². The molecule has 1 atom stereocenters. The van der Waals surface area contributed by atoms with Crippen LogP contribution >= 0.6 is 0 Å². The summed E-state index contributed by atoms with van der Waals surface area (Å²) in [5, 5.41) is 0. The van der Waals surface area contributed by atoms with E-state index < -0.39 is 0 Å². The molecule has 0 fully saturated rings. The van der Waals surface area contributed by atoms with Crippen LogP contribution in [0.2, 0.25) is 0 Å². The third-order valence-electron chi connectivity index (χ3n) is 4.36. The Bertz CT molecular complexity index is 232. The number of rotatable bonds is 9. The average Bonchev–Trinajstić information content (AvgIpc) is 2.24. The zero-order valence-corrected chi connectivity index (χ0v) is 14.0. The van der Waals surface area contributed by atoms with Gasteiger partial charge in [0.15, 0.2) is 0 Å². The second kappa shape index (κ2) is 8.02. The van der Waals surface area contributed by atoms with Crippen LogP contribution in [0.5, 0.6) is 0 Å². The minimum atomic E-state index is 0.456. The first-order valence-corrected chi connectivity index (χ1v) is 7.88. The highest BCUT2D eigenvalue weighted by molar-refractivity contribution is 5.01. The Kier molecular flexibility index (Phi) is 7.90. The second-order valence-corrected chi connectivity index (χ2v) is 7.44. The molecule has 0 aliphatic rings. The molecule has 0 amide bonds. The number of allylic oxidation sites excluding steroid dienone is 1. The van der Waals surface area contributed by atoms with Crippen LogP contribution in [0.1, 0.15) is 80.6 Å². The maximum atomic E-state index is 4.30. The van der Waals surface area contributed by atoms with Crippen LogP contribution in [-0.4, -0.2) is 0 Å². The number of unbranched alkanes of at least 4 members (excludes halogenated alkanes) is 1. The molecule has 0 heteroatoms. The first-order valence-electron chi connectivity index (χ1n) is 7.88. The summed E-state index contributed by atoms with van der Waals surface area (Å²) in [5.74, 6) is 2.21. The molecule has 0 saturated carbocycles. The Hall–Kier alpha value is -0.260. The lowest BCUT2D eigenvalue weighted by molar-refractivity contribution is 0.159. The first kappa shape index (κ1) is 17.7. The van der Waals surface area contributed by atoms with Crippen molar-refractivity contribution in [3.63, 3.8) is 0 Å². The van der Waals surface area contributed by atoms with E-state index in [9.17, 15) is 0 Å². The van der Waals surface area contributed by atoms with E-state index in [-0.39, 0.29) is 0 Å². The molecule has 18 heavy (non-hydrogen) atoms.